The zero-order valence-corrected chi connectivity index (χ0v) is 12.9. The minimum atomic E-state index is -3.55. The third kappa shape index (κ3) is 2.66. The molecule has 0 saturated carbocycles. The van der Waals surface area contributed by atoms with E-state index in [0.717, 1.165) is 29.3 Å². The predicted octanol–water partition coefficient (Wildman–Crippen LogP) is 1.53. The molecule has 0 radical (unpaired) electrons. The minimum absolute atomic E-state index is 0.181. The van der Waals surface area contributed by atoms with Gasteiger partial charge in [0, 0.05) is 31.2 Å². The van der Waals surface area contributed by atoms with Crippen molar-refractivity contribution < 1.29 is 8.42 Å². The fourth-order valence-electron chi connectivity index (χ4n) is 2.75. The number of pyridine rings is 1. The smallest absolute Gasteiger partial charge is 0.261 e. The van der Waals surface area contributed by atoms with E-state index in [0.29, 0.717) is 19.6 Å². The number of fused-ring (bicyclic) bond motifs is 1. The van der Waals surface area contributed by atoms with Crippen LogP contribution in [-0.2, 0) is 10.0 Å². The predicted molar refractivity (Wildman–Crippen MR) is 82.7 cm³/mol. The number of nitrogens with one attached hydrogen (secondary N) is 1. The molecule has 0 bridgehead atoms. The van der Waals surface area contributed by atoms with Crippen molar-refractivity contribution in [2.45, 2.75) is 18.4 Å². The van der Waals surface area contributed by atoms with Crippen LogP contribution in [0.5, 0.6) is 0 Å². The quantitative estimate of drug-likeness (QED) is 0.914. The minimum Gasteiger partial charge on any atom is -0.315 e. The van der Waals surface area contributed by atoms with Gasteiger partial charge in [-0.2, -0.15) is 4.31 Å². The van der Waals surface area contributed by atoms with Gasteiger partial charge in [-0.25, -0.2) is 13.4 Å². The molecule has 0 spiro atoms. The summed E-state index contributed by atoms with van der Waals surface area (Å²) in [4.78, 5) is 4.20. The maximum absolute atomic E-state index is 12.9. The van der Waals surface area contributed by atoms with Crippen LogP contribution in [-0.4, -0.2) is 43.9 Å². The van der Waals surface area contributed by atoms with Crippen molar-refractivity contribution in [3.8, 4) is 0 Å². The van der Waals surface area contributed by atoms with E-state index in [1.54, 1.807) is 10.5 Å². The normalized spacial score (nSPS) is 17.8. The molecule has 112 valence electrons. The molecule has 1 aromatic heterocycles. The fraction of sp³-hybridized carbons (Fsp3) is 0.400. The Bertz CT molecular complexity index is 745. The molecule has 1 aromatic carbocycles. The second-order valence-electron chi connectivity index (χ2n) is 5.30. The Morgan fingerprint density at radius 1 is 1.19 bits per heavy atom. The summed E-state index contributed by atoms with van der Waals surface area (Å²) in [6.07, 6.45) is 2.40. The largest absolute Gasteiger partial charge is 0.315 e. The molecule has 1 aliphatic heterocycles. The number of aryl methyl sites for hydroxylation is 1. The Kier molecular flexibility index (Phi) is 3.93. The van der Waals surface area contributed by atoms with Crippen LogP contribution in [0, 0.1) is 6.92 Å². The number of nitrogens with zero attached hydrogens (tertiary/aromatic N) is 2. The molecule has 1 N–H and O–H groups in total. The third-order valence-corrected chi connectivity index (χ3v) is 5.69. The van der Waals surface area contributed by atoms with Gasteiger partial charge in [0.25, 0.3) is 10.0 Å². The number of hydrogen-bond donors (Lipinski definition) is 1. The molecule has 6 heteroatoms. The van der Waals surface area contributed by atoms with Gasteiger partial charge in [-0.1, -0.05) is 18.2 Å². The van der Waals surface area contributed by atoms with Crippen molar-refractivity contribution in [2.24, 2.45) is 0 Å². The van der Waals surface area contributed by atoms with Gasteiger partial charge in [0.15, 0.2) is 5.03 Å². The van der Waals surface area contributed by atoms with Gasteiger partial charge in [0.2, 0.25) is 0 Å². The summed E-state index contributed by atoms with van der Waals surface area (Å²) in [5.74, 6) is 0. The number of hydrogen-bond acceptors (Lipinski definition) is 4. The van der Waals surface area contributed by atoms with E-state index in [1.807, 2.05) is 31.2 Å². The van der Waals surface area contributed by atoms with Crippen molar-refractivity contribution in [2.75, 3.05) is 26.2 Å². The molecule has 0 unspecified atom stereocenters. The molecule has 2 heterocycles. The van der Waals surface area contributed by atoms with Gasteiger partial charge in [-0.15, -0.1) is 0 Å². The Hall–Kier alpha value is -1.50. The monoisotopic (exact) mass is 305 g/mol. The van der Waals surface area contributed by atoms with Crippen molar-refractivity contribution in [1.82, 2.24) is 14.6 Å². The average molecular weight is 305 g/mol. The van der Waals surface area contributed by atoms with Crippen LogP contribution in [0.4, 0.5) is 0 Å². The van der Waals surface area contributed by atoms with Crippen LogP contribution in [0.15, 0.2) is 35.5 Å². The van der Waals surface area contributed by atoms with Crippen LogP contribution in [0.2, 0.25) is 0 Å². The first-order chi connectivity index (χ1) is 10.1. The zero-order valence-electron chi connectivity index (χ0n) is 12.0. The second kappa shape index (κ2) is 5.71. The van der Waals surface area contributed by atoms with Crippen molar-refractivity contribution in [1.29, 1.82) is 0 Å². The van der Waals surface area contributed by atoms with E-state index in [4.69, 9.17) is 0 Å². The number of benzene rings is 1. The van der Waals surface area contributed by atoms with Crippen LogP contribution >= 0.6 is 0 Å². The molecule has 21 heavy (non-hydrogen) atoms. The zero-order chi connectivity index (χ0) is 14.9. The van der Waals surface area contributed by atoms with E-state index >= 15 is 0 Å². The molecule has 0 amide bonds. The molecule has 1 fully saturated rings. The highest BCUT2D eigenvalue weighted by Crippen LogP contribution is 2.26. The lowest BCUT2D eigenvalue weighted by atomic mass is 10.1. The van der Waals surface area contributed by atoms with Crippen LogP contribution < -0.4 is 5.32 Å². The second-order valence-corrected chi connectivity index (χ2v) is 7.15. The van der Waals surface area contributed by atoms with Gasteiger partial charge in [0.05, 0.1) is 0 Å². The summed E-state index contributed by atoms with van der Waals surface area (Å²) >= 11 is 0. The van der Waals surface area contributed by atoms with Gasteiger partial charge in [-0.3, -0.25) is 0 Å². The lowest BCUT2D eigenvalue weighted by Gasteiger charge is -2.20. The first kappa shape index (κ1) is 14.4. The summed E-state index contributed by atoms with van der Waals surface area (Å²) in [6.45, 7) is 4.50. The van der Waals surface area contributed by atoms with E-state index in [2.05, 4.69) is 10.3 Å². The van der Waals surface area contributed by atoms with Gasteiger partial charge >= 0.3 is 0 Å². The van der Waals surface area contributed by atoms with E-state index in [1.165, 1.54) is 0 Å². The first-order valence-electron chi connectivity index (χ1n) is 7.16. The standard InChI is InChI=1S/C15H19N3O2S/c1-12-4-2-5-13-6-8-17-15(14(12)13)21(19,20)18-10-3-7-16-9-11-18/h2,4-6,8,16H,3,7,9-11H2,1H3. The highest BCUT2D eigenvalue weighted by molar-refractivity contribution is 7.89. The number of sulfonamides is 1. The maximum Gasteiger partial charge on any atom is 0.261 e. The highest BCUT2D eigenvalue weighted by atomic mass is 32.2. The topological polar surface area (TPSA) is 62.3 Å². The fourth-order valence-corrected chi connectivity index (χ4v) is 4.43. The summed E-state index contributed by atoms with van der Waals surface area (Å²) in [5.41, 5.74) is 0.937. The lowest BCUT2D eigenvalue weighted by Crippen LogP contribution is -2.34. The summed E-state index contributed by atoms with van der Waals surface area (Å²) < 4.78 is 27.4. The summed E-state index contributed by atoms with van der Waals surface area (Å²) in [5, 5.41) is 5.05. The van der Waals surface area contributed by atoms with Gasteiger partial charge in [0.1, 0.15) is 0 Å². The Labute approximate surface area is 125 Å². The number of rotatable bonds is 2. The molecule has 1 saturated heterocycles. The van der Waals surface area contributed by atoms with Crippen LogP contribution in [0.1, 0.15) is 12.0 Å². The molecule has 2 aromatic rings. The average Bonchev–Trinajstić information content (AvgIpc) is 2.76. The maximum atomic E-state index is 12.9. The Morgan fingerprint density at radius 2 is 2.05 bits per heavy atom. The Morgan fingerprint density at radius 3 is 2.90 bits per heavy atom. The van der Waals surface area contributed by atoms with E-state index in [9.17, 15) is 8.42 Å². The summed E-state index contributed by atoms with van der Waals surface area (Å²) in [6, 6.07) is 7.63. The van der Waals surface area contributed by atoms with Crippen LogP contribution in [0.25, 0.3) is 10.8 Å². The van der Waals surface area contributed by atoms with Gasteiger partial charge in [-0.05, 0) is 36.9 Å². The van der Waals surface area contributed by atoms with Crippen LogP contribution in [0.3, 0.4) is 0 Å². The lowest BCUT2D eigenvalue weighted by molar-refractivity contribution is 0.430. The third-order valence-electron chi connectivity index (χ3n) is 3.85. The number of aromatic nitrogens is 1. The van der Waals surface area contributed by atoms with E-state index < -0.39 is 10.0 Å². The molecular weight excluding hydrogens is 286 g/mol. The van der Waals surface area contributed by atoms with Crippen molar-refractivity contribution in [3.05, 3.63) is 36.0 Å². The molecular formula is C15H19N3O2S. The van der Waals surface area contributed by atoms with Crippen molar-refractivity contribution in [3.63, 3.8) is 0 Å². The molecule has 0 atom stereocenters. The molecule has 0 aliphatic carbocycles. The highest BCUT2D eigenvalue weighted by Gasteiger charge is 2.28. The van der Waals surface area contributed by atoms with Crippen molar-refractivity contribution >= 4 is 20.8 Å². The molecule has 3 rings (SSSR count). The van der Waals surface area contributed by atoms with Gasteiger partial charge < -0.3 is 5.32 Å². The molecule has 1 aliphatic rings. The summed E-state index contributed by atoms with van der Waals surface area (Å²) in [7, 11) is -3.55. The SMILES string of the molecule is Cc1cccc2ccnc(S(=O)(=O)N3CCCNCC3)c12. The Balaban J connectivity index is 2.14. The molecule has 5 nitrogen and oxygen atoms in total. The first-order valence-corrected chi connectivity index (χ1v) is 8.60. The van der Waals surface area contributed by atoms with E-state index in [-0.39, 0.29) is 5.03 Å².